The van der Waals surface area contributed by atoms with Crippen molar-refractivity contribution < 1.29 is 8.42 Å². The molecule has 0 bridgehead atoms. The lowest BCUT2D eigenvalue weighted by atomic mass is 10.2. The number of anilines is 1. The van der Waals surface area contributed by atoms with Gasteiger partial charge >= 0.3 is 0 Å². The predicted octanol–water partition coefficient (Wildman–Crippen LogP) is 3.47. The molecule has 3 heterocycles. The van der Waals surface area contributed by atoms with Gasteiger partial charge in [-0.2, -0.15) is 4.52 Å². The number of benzene rings is 2. The molecule has 1 saturated heterocycles. The quantitative estimate of drug-likeness (QED) is 0.429. The van der Waals surface area contributed by atoms with Crippen LogP contribution in [0, 0.1) is 0 Å². The molecule has 2 aromatic carbocycles. The van der Waals surface area contributed by atoms with E-state index in [1.54, 1.807) is 18.2 Å². The molecule has 0 unspecified atom stereocenters. The zero-order chi connectivity index (χ0) is 23.2. The number of nitrogens with zero attached hydrogens (tertiary/aromatic N) is 6. The van der Waals surface area contributed by atoms with Crippen LogP contribution in [-0.2, 0) is 16.3 Å². The highest BCUT2D eigenvalue weighted by Gasteiger charge is 2.28. The molecule has 0 atom stereocenters. The first kappa shape index (κ1) is 22.1. The van der Waals surface area contributed by atoms with Gasteiger partial charge in [0, 0.05) is 36.6 Å². The number of rotatable bonds is 5. The minimum Gasteiger partial charge on any atom is -0.353 e. The molecule has 33 heavy (non-hydrogen) atoms. The Morgan fingerprint density at radius 3 is 2.39 bits per heavy atom. The highest BCUT2D eigenvalue weighted by Crippen LogP contribution is 2.32. The van der Waals surface area contributed by atoms with Crippen LogP contribution < -0.4 is 4.90 Å². The number of hydrogen-bond donors (Lipinski definition) is 0. The van der Waals surface area contributed by atoms with Crippen LogP contribution in [0.4, 0.5) is 5.82 Å². The van der Waals surface area contributed by atoms with E-state index in [0.717, 1.165) is 50.1 Å². The summed E-state index contributed by atoms with van der Waals surface area (Å²) in [5.74, 6) is 0.704. The van der Waals surface area contributed by atoms with Crippen LogP contribution in [0.15, 0.2) is 52.4 Å². The number of hydrogen-bond acceptors (Lipinski definition) is 7. The standard InChI is InChI=1S/C23H25ClN6O2S/c1-3-16-5-8-18(9-6-16)33(31,32)23-22-25-21(29-13-11-28(4-2)12-14-29)19-15-17(24)7-10-20(19)30(22)27-26-23/h5-10,15H,3-4,11-14H2,1-2H3. The average Bonchev–Trinajstić information content (AvgIpc) is 3.28. The number of likely N-dealkylation sites (N-methyl/N-ethyl adjacent to an activating group) is 1. The van der Waals surface area contributed by atoms with Crippen molar-refractivity contribution in [2.45, 2.75) is 30.2 Å². The summed E-state index contributed by atoms with van der Waals surface area (Å²) in [4.78, 5) is 9.55. The van der Waals surface area contributed by atoms with Crippen molar-refractivity contribution in [2.75, 3.05) is 37.6 Å². The topological polar surface area (TPSA) is 83.7 Å². The van der Waals surface area contributed by atoms with Crippen LogP contribution in [0.25, 0.3) is 16.6 Å². The lowest BCUT2D eigenvalue weighted by molar-refractivity contribution is 0.271. The van der Waals surface area contributed by atoms with E-state index in [-0.39, 0.29) is 15.6 Å². The van der Waals surface area contributed by atoms with E-state index in [2.05, 4.69) is 27.0 Å². The zero-order valence-corrected chi connectivity index (χ0v) is 20.1. The van der Waals surface area contributed by atoms with Crippen LogP contribution in [0.1, 0.15) is 19.4 Å². The molecule has 2 aromatic heterocycles. The number of fused-ring (bicyclic) bond motifs is 3. The van der Waals surface area contributed by atoms with E-state index in [1.807, 2.05) is 31.2 Å². The Hall–Kier alpha value is -2.75. The number of aryl methyl sites for hydroxylation is 1. The maximum atomic E-state index is 13.5. The SMILES string of the molecule is CCc1ccc(S(=O)(=O)c2nnn3c2nc(N2CCN(CC)CC2)c2cc(Cl)ccc23)cc1. The summed E-state index contributed by atoms with van der Waals surface area (Å²) in [5.41, 5.74) is 2.00. The Morgan fingerprint density at radius 2 is 1.73 bits per heavy atom. The molecule has 0 aliphatic carbocycles. The first-order valence-electron chi connectivity index (χ1n) is 11.1. The van der Waals surface area contributed by atoms with E-state index in [0.29, 0.717) is 16.4 Å². The van der Waals surface area contributed by atoms with Gasteiger partial charge < -0.3 is 9.80 Å². The van der Waals surface area contributed by atoms with E-state index in [4.69, 9.17) is 16.6 Å². The third-order valence-electron chi connectivity index (χ3n) is 6.27. The number of piperazine rings is 1. The maximum absolute atomic E-state index is 13.5. The molecular weight excluding hydrogens is 460 g/mol. The molecule has 8 nitrogen and oxygen atoms in total. The van der Waals surface area contributed by atoms with Gasteiger partial charge in [-0.05, 0) is 48.9 Å². The van der Waals surface area contributed by atoms with Crippen molar-refractivity contribution >= 4 is 43.8 Å². The molecule has 1 fully saturated rings. The summed E-state index contributed by atoms with van der Waals surface area (Å²) in [6.07, 6.45) is 0.833. The lowest BCUT2D eigenvalue weighted by Gasteiger charge is -2.35. The van der Waals surface area contributed by atoms with Gasteiger partial charge in [-0.3, -0.25) is 0 Å². The van der Waals surface area contributed by atoms with Crippen LogP contribution in [0.3, 0.4) is 0 Å². The van der Waals surface area contributed by atoms with Gasteiger partial charge in [0.05, 0.1) is 10.4 Å². The predicted molar refractivity (Wildman–Crippen MR) is 129 cm³/mol. The Balaban J connectivity index is 1.69. The molecule has 1 aliphatic heterocycles. The highest BCUT2D eigenvalue weighted by molar-refractivity contribution is 7.91. The second-order valence-electron chi connectivity index (χ2n) is 8.15. The monoisotopic (exact) mass is 484 g/mol. The molecule has 0 radical (unpaired) electrons. The Labute approximate surface area is 197 Å². The second kappa shape index (κ2) is 8.55. The Bertz CT molecular complexity index is 1430. The molecule has 10 heteroatoms. The molecular formula is C23H25ClN6O2S. The van der Waals surface area contributed by atoms with Crippen molar-refractivity contribution in [3.05, 3.63) is 53.1 Å². The minimum atomic E-state index is -3.89. The van der Waals surface area contributed by atoms with E-state index < -0.39 is 9.84 Å². The summed E-state index contributed by atoms with van der Waals surface area (Å²) < 4.78 is 28.4. The van der Waals surface area contributed by atoms with Crippen LogP contribution in [-0.4, -0.2) is 65.9 Å². The summed E-state index contributed by atoms with van der Waals surface area (Å²) >= 11 is 6.31. The summed E-state index contributed by atoms with van der Waals surface area (Å²) in [6.45, 7) is 8.59. The van der Waals surface area contributed by atoms with Crippen molar-refractivity contribution in [3.63, 3.8) is 0 Å². The Kier molecular flexibility index (Phi) is 5.72. The third-order valence-corrected chi connectivity index (χ3v) is 8.17. The smallest absolute Gasteiger partial charge is 0.229 e. The van der Waals surface area contributed by atoms with Crippen molar-refractivity contribution in [3.8, 4) is 0 Å². The molecule has 0 N–H and O–H groups in total. The van der Waals surface area contributed by atoms with Crippen molar-refractivity contribution in [2.24, 2.45) is 0 Å². The molecule has 172 valence electrons. The minimum absolute atomic E-state index is 0.142. The summed E-state index contributed by atoms with van der Waals surface area (Å²) in [6, 6.07) is 12.3. The lowest BCUT2D eigenvalue weighted by Crippen LogP contribution is -2.46. The number of sulfone groups is 1. The summed E-state index contributed by atoms with van der Waals surface area (Å²) in [7, 11) is -3.89. The van der Waals surface area contributed by atoms with Crippen molar-refractivity contribution in [1.29, 1.82) is 0 Å². The third kappa shape index (κ3) is 3.84. The molecule has 1 aliphatic rings. The van der Waals surface area contributed by atoms with Gasteiger partial charge in [0.25, 0.3) is 0 Å². The van der Waals surface area contributed by atoms with Crippen molar-refractivity contribution in [1.82, 2.24) is 24.7 Å². The Morgan fingerprint density at radius 1 is 1.00 bits per heavy atom. The van der Waals surface area contributed by atoms with Crippen LogP contribution in [0.5, 0.6) is 0 Å². The number of aromatic nitrogens is 4. The molecule has 0 saturated carbocycles. The van der Waals surface area contributed by atoms with E-state index >= 15 is 0 Å². The fourth-order valence-corrected chi connectivity index (χ4v) is 5.67. The van der Waals surface area contributed by atoms with Crippen LogP contribution >= 0.6 is 11.6 Å². The maximum Gasteiger partial charge on any atom is 0.229 e. The van der Waals surface area contributed by atoms with Gasteiger partial charge in [0.2, 0.25) is 14.9 Å². The zero-order valence-electron chi connectivity index (χ0n) is 18.6. The van der Waals surface area contributed by atoms with Gasteiger partial charge in [0.15, 0.2) is 5.65 Å². The fourth-order valence-electron chi connectivity index (χ4n) is 4.26. The summed E-state index contributed by atoms with van der Waals surface area (Å²) in [5, 5.41) is 9.50. The fraction of sp³-hybridized carbons (Fsp3) is 0.348. The highest BCUT2D eigenvalue weighted by atomic mass is 35.5. The average molecular weight is 485 g/mol. The van der Waals surface area contributed by atoms with Gasteiger partial charge in [-0.1, -0.05) is 42.8 Å². The van der Waals surface area contributed by atoms with Gasteiger partial charge in [-0.15, -0.1) is 5.10 Å². The molecule has 0 amide bonds. The van der Waals surface area contributed by atoms with E-state index in [1.165, 1.54) is 4.52 Å². The molecule has 4 aromatic rings. The second-order valence-corrected chi connectivity index (χ2v) is 10.5. The van der Waals surface area contributed by atoms with E-state index in [9.17, 15) is 8.42 Å². The first-order chi connectivity index (χ1) is 15.9. The normalized spacial score (nSPS) is 15.5. The van der Waals surface area contributed by atoms with Crippen LogP contribution in [0.2, 0.25) is 5.02 Å². The van der Waals surface area contributed by atoms with Gasteiger partial charge in [-0.25, -0.2) is 13.4 Å². The largest absolute Gasteiger partial charge is 0.353 e. The first-order valence-corrected chi connectivity index (χ1v) is 12.9. The molecule has 0 spiro atoms. The van der Waals surface area contributed by atoms with Gasteiger partial charge in [0.1, 0.15) is 5.82 Å². The number of halogens is 1. The molecule has 5 rings (SSSR count).